The molecule has 0 aliphatic heterocycles. The summed E-state index contributed by atoms with van der Waals surface area (Å²) in [7, 11) is 0. The zero-order valence-electron chi connectivity index (χ0n) is 8.26. The lowest BCUT2D eigenvalue weighted by molar-refractivity contribution is -0.114. The third-order valence-corrected chi connectivity index (χ3v) is 2.80. The molecular formula is C10H12N2OS. The number of anilines is 1. The third kappa shape index (κ3) is 2.57. The molecular weight excluding hydrogens is 196 g/mol. The summed E-state index contributed by atoms with van der Waals surface area (Å²) in [5.41, 5.74) is 0.564. The molecule has 0 aliphatic rings. The minimum Gasteiger partial charge on any atom is -0.317 e. The highest BCUT2D eigenvalue weighted by Gasteiger charge is 2.08. The van der Waals surface area contributed by atoms with Gasteiger partial charge in [-0.25, -0.2) is 0 Å². The Bertz CT molecular complexity index is 376. The van der Waals surface area contributed by atoms with E-state index in [1.54, 1.807) is 0 Å². The fourth-order valence-corrected chi connectivity index (χ4v) is 2.30. The fourth-order valence-electron chi connectivity index (χ4n) is 1.15. The molecule has 74 valence electrons. The molecule has 0 aliphatic carbocycles. The van der Waals surface area contributed by atoms with E-state index in [-0.39, 0.29) is 5.91 Å². The normalized spacial score (nSPS) is 9.50. The van der Waals surface area contributed by atoms with Crippen molar-refractivity contribution in [3.05, 3.63) is 16.5 Å². The molecule has 0 atom stereocenters. The van der Waals surface area contributed by atoms with Gasteiger partial charge in [0, 0.05) is 11.8 Å². The molecule has 1 heterocycles. The van der Waals surface area contributed by atoms with Gasteiger partial charge in [-0.15, -0.1) is 11.3 Å². The highest BCUT2D eigenvalue weighted by atomic mass is 32.1. The number of nitrogens with zero attached hydrogens (tertiary/aromatic N) is 1. The Morgan fingerprint density at radius 3 is 2.93 bits per heavy atom. The van der Waals surface area contributed by atoms with Crippen molar-refractivity contribution < 1.29 is 4.79 Å². The number of aryl methyl sites for hydroxylation is 1. The first kappa shape index (κ1) is 10.7. The van der Waals surface area contributed by atoms with Gasteiger partial charge in [0.2, 0.25) is 5.91 Å². The van der Waals surface area contributed by atoms with E-state index in [4.69, 9.17) is 5.26 Å². The van der Waals surface area contributed by atoms with E-state index in [2.05, 4.69) is 18.3 Å². The SMILES string of the molecule is CCCc1cc(C#N)c(NC(C)=O)s1. The summed E-state index contributed by atoms with van der Waals surface area (Å²) in [4.78, 5) is 12.0. The quantitative estimate of drug-likeness (QED) is 0.829. The molecule has 1 aromatic rings. The van der Waals surface area contributed by atoms with Gasteiger partial charge >= 0.3 is 0 Å². The van der Waals surface area contributed by atoms with Gasteiger partial charge in [-0.05, 0) is 12.5 Å². The first-order valence-corrected chi connectivity index (χ1v) is 5.29. The summed E-state index contributed by atoms with van der Waals surface area (Å²) < 4.78 is 0. The maximum Gasteiger partial charge on any atom is 0.221 e. The van der Waals surface area contributed by atoms with Crippen molar-refractivity contribution in [2.24, 2.45) is 0 Å². The highest BCUT2D eigenvalue weighted by Crippen LogP contribution is 2.28. The lowest BCUT2D eigenvalue weighted by Gasteiger charge is -1.96. The molecule has 0 radical (unpaired) electrons. The predicted octanol–water partition coefficient (Wildman–Crippen LogP) is 2.53. The fraction of sp³-hybridized carbons (Fsp3) is 0.400. The van der Waals surface area contributed by atoms with Crippen molar-refractivity contribution in [2.75, 3.05) is 5.32 Å². The topological polar surface area (TPSA) is 52.9 Å². The number of hydrogen-bond acceptors (Lipinski definition) is 3. The van der Waals surface area contributed by atoms with Crippen LogP contribution in [0.3, 0.4) is 0 Å². The maximum atomic E-state index is 10.8. The number of hydrogen-bond donors (Lipinski definition) is 1. The van der Waals surface area contributed by atoms with Gasteiger partial charge in [0.05, 0.1) is 5.56 Å². The molecule has 4 heteroatoms. The van der Waals surface area contributed by atoms with Crippen LogP contribution in [0.5, 0.6) is 0 Å². The van der Waals surface area contributed by atoms with Crippen LogP contribution in [0.1, 0.15) is 30.7 Å². The van der Waals surface area contributed by atoms with Gasteiger partial charge in [0.25, 0.3) is 0 Å². The second-order valence-electron chi connectivity index (χ2n) is 3.00. The summed E-state index contributed by atoms with van der Waals surface area (Å²) in [6.45, 7) is 3.53. The lowest BCUT2D eigenvalue weighted by Crippen LogP contribution is -2.04. The van der Waals surface area contributed by atoms with Crippen LogP contribution >= 0.6 is 11.3 Å². The van der Waals surface area contributed by atoms with Crippen molar-refractivity contribution in [2.45, 2.75) is 26.7 Å². The summed E-state index contributed by atoms with van der Waals surface area (Å²) in [5, 5.41) is 12.1. The lowest BCUT2D eigenvalue weighted by atomic mass is 10.2. The predicted molar refractivity (Wildman–Crippen MR) is 57.3 cm³/mol. The van der Waals surface area contributed by atoms with E-state index in [1.807, 2.05) is 6.07 Å². The summed E-state index contributed by atoms with van der Waals surface area (Å²) in [5.74, 6) is -0.133. The van der Waals surface area contributed by atoms with Crippen LogP contribution in [0.2, 0.25) is 0 Å². The van der Waals surface area contributed by atoms with Crippen LogP contribution in [0.25, 0.3) is 0 Å². The number of thiophene rings is 1. The highest BCUT2D eigenvalue weighted by molar-refractivity contribution is 7.16. The van der Waals surface area contributed by atoms with E-state index in [1.165, 1.54) is 18.3 Å². The Balaban J connectivity index is 2.91. The summed E-state index contributed by atoms with van der Waals surface area (Å²) >= 11 is 1.48. The average Bonchev–Trinajstić information content (AvgIpc) is 2.47. The number of rotatable bonds is 3. The smallest absolute Gasteiger partial charge is 0.221 e. The Labute approximate surface area is 87.4 Å². The zero-order chi connectivity index (χ0) is 10.6. The monoisotopic (exact) mass is 208 g/mol. The molecule has 0 unspecified atom stereocenters. The Hall–Kier alpha value is -1.34. The van der Waals surface area contributed by atoms with Crippen LogP contribution < -0.4 is 5.32 Å². The molecule has 0 saturated heterocycles. The van der Waals surface area contributed by atoms with Crippen molar-refractivity contribution in [3.8, 4) is 6.07 Å². The maximum absolute atomic E-state index is 10.8. The van der Waals surface area contributed by atoms with E-state index in [9.17, 15) is 4.79 Å². The van der Waals surface area contributed by atoms with Gasteiger partial charge in [0.1, 0.15) is 11.1 Å². The first-order chi connectivity index (χ1) is 6.67. The van der Waals surface area contributed by atoms with Crippen molar-refractivity contribution in [1.29, 1.82) is 5.26 Å². The van der Waals surface area contributed by atoms with Crippen LogP contribution in [-0.2, 0) is 11.2 Å². The van der Waals surface area contributed by atoms with Crippen LogP contribution in [0.4, 0.5) is 5.00 Å². The second-order valence-corrected chi connectivity index (χ2v) is 4.14. The van der Waals surface area contributed by atoms with Crippen molar-refractivity contribution in [1.82, 2.24) is 0 Å². The van der Waals surface area contributed by atoms with E-state index in [0.29, 0.717) is 10.6 Å². The molecule has 3 nitrogen and oxygen atoms in total. The number of carbonyl (C=O) groups excluding carboxylic acids is 1. The van der Waals surface area contributed by atoms with Gasteiger partial charge < -0.3 is 5.32 Å². The molecule has 0 spiro atoms. The van der Waals surface area contributed by atoms with Crippen molar-refractivity contribution >= 4 is 22.2 Å². The third-order valence-electron chi connectivity index (χ3n) is 1.69. The molecule has 14 heavy (non-hydrogen) atoms. The molecule has 0 saturated carbocycles. The van der Waals surface area contributed by atoms with Gasteiger partial charge in [-0.3, -0.25) is 4.79 Å². The average molecular weight is 208 g/mol. The largest absolute Gasteiger partial charge is 0.317 e. The van der Waals surface area contributed by atoms with Crippen LogP contribution in [0.15, 0.2) is 6.07 Å². The van der Waals surface area contributed by atoms with Crippen LogP contribution in [-0.4, -0.2) is 5.91 Å². The second kappa shape index (κ2) is 4.77. The van der Waals surface area contributed by atoms with Gasteiger partial charge in [0.15, 0.2) is 0 Å². The molecule has 1 rings (SSSR count). The first-order valence-electron chi connectivity index (χ1n) is 4.47. The Morgan fingerprint density at radius 1 is 1.71 bits per heavy atom. The van der Waals surface area contributed by atoms with Crippen molar-refractivity contribution in [3.63, 3.8) is 0 Å². The molecule has 0 fully saturated rings. The van der Waals surface area contributed by atoms with Crippen LogP contribution in [0, 0.1) is 11.3 Å². The Kier molecular flexibility index (Phi) is 3.66. The van der Waals surface area contributed by atoms with Gasteiger partial charge in [-0.2, -0.15) is 5.26 Å². The molecule has 1 aromatic heterocycles. The zero-order valence-corrected chi connectivity index (χ0v) is 9.07. The summed E-state index contributed by atoms with van der Waals surface area (Å²) in [6.07, 6.45) is 2.00. The Morgan fingerprint density at radius 2 is 2.43 bits per heavy atom. The molecule has 0 bridgehead atoms. The van der Waals surface area contributed by atoms with E-state index >= 15 is 0 Å². The van der Waals surface area contributed by atoms with E-state index < -0.39 is 0 Å². The molecule has 1 amide bonds. The van der Waals surface area contributed by atoms with E-state index in [0.717, 1.165) is 17.7 Å². The number of nitrogens with one attached hydrogen (secondary N) is 1. The van der Waals surface area contributed by atoms with Gasteiger partial charge in [-0.1, -0.05) is 13.3 Å². The molecule has 0 aromatic carbocycles. The minimum absolute atomic E-state index is 0.133. The minimum atomic E-state index is -0.133. The number of nitriles is 1. The standard InChI is InChI=1S/C10H12N2OS/c1-3-4-9-5-8(6-11)10(14-9)12-7(2)13/h5H,3-4H2,1-2H3,(H,12,13). The molecule has 1 N–H and O–H groups in total. The number of amides is 1. The number of carbonyl (C=O) groups is 1. The summed E-state index contributed by atoms with van der Waals surface area (Å²) in [6, 6.07) is 3.92.